The highest BCUT2D eigenvalue weighted by Gasteiger charge is 2.15. The first kappa shape index (κ1) is 21.3. The maximum Gasteiger partial charge on any atom is 0.297 e. The van der Waals surface area contributed by atoms with Crippen LogP contribution in [0.2, 0.25) is 5.02 Å². The number of ketones is 1. The van der Waals surface area contributed by atoms with Crippen molar-refractivity contribution in [2.24, 2.45) is 12.0 Å². The van der Waals surface area contributed by atoms with E-state index in [1.54, 1.807) is 46.8 Å². The van der Waals surface area contributed by atoms with E-state index in [-0.39, 0.29) is 17.1 Å². The number of carbonyl (C=O) groups excluding carboxylic acids is 1. The summed E-state index contributed by atoms with van der Waals surface area (Å²) in [5.74, 6) is 0.284. The Balaban J connectivity index is 1.54. The molecule has 0 aliphatic carbocycles. The van der Waals surface area contributed by atoms with Gasteiger partial charge in [0, 0.05) is 12.1 Å². The van der Waals surface area contributed by atoms with Gasteiger partial charge in [0.15, 0.2) is 11.4 Å². The second-order valence-electron chi connectivity index (χ2n) is 7.12. The molecule has 2 aromatic heterocycles. The zero-order chi connectivity index (χ0) is 22.7. The van der Waals surface area contributed by atoms with Gasteiger partial charge in [-0.25, -0.2) is 9.67 Å². The topological polar surface area (TPSA) is 69.5 Å². The van der Waals surface area contributed by atoms with Crippen LogP contribution in [-0.2, 0) is 7.05 Å². The monoisotopic (exact) mass is 445 g/mol. The van der Waals surface area contributed by atoms with Gasteiger partial charge in [0.1, 0.15) is 5.76 Å². The molecule has 0 saturated carbocycles. The second kappa shape index (κ2) is 9.08. The Bertz CT molecular complexity index is 1370. The molecule has 0 aliphatic rings. The molecule has 0 bridgehead atoms. The van der Waals surface area contributed by atoms with E-state index in [1.165, 1.54) is 12.3 Å². The minimum atomic E-state index is -0.276. The van der Waals surface area contributed by atoms with E-state index in [2.05, 4.69) is 4.99 Å². The van der Waals surface area contributed by atoms with E-state index in [0.717, 1.165) is 11.3 Å². The molecule has 0 spiro atoms. The van der Waals surface area contributed by atoms with Crippen LogP contribution in [0.15, 0.2) is 87.0 Å². The van der Waals surface area contributed by atoms with Crippen molar-refractivity contribution in [1.29, 1.82) is 0 Å². The van der Waals surface area contributed by atoms with Gasteiger partial charge in [-0.1, -0.05) is 48.0 Å². The maximum absolute atomic E-state index is 12.9. The Morgan fingerprint density at radius 3 is 2.47 bits per heavy atom. The van der Waals surface area contributed by atoms with E-state index >= 15 is 0 Å². The Kier molecular flexibility index (Phi) is 6.05. The number of aliphatic imine (C=N–C) groups is 1. The predicted octanol–water partition coefficient (Wildman–Crippen LogP) is 5.38. The van der Waals surface area contributed by atoms with Gasteiger partial charge in [0.25, 0.3) is 5.56 Å². The number of hydrogen-bond donors (Lipinski definition) is 0. The standard InChI is InChI=1S/C25H20ClN3O3/c1-17-24(25(31)29(28(17)2)20-6-4-3-5-7-20)27-16-21-13-15-23(32-21)22(30)14-10-18-8-11-19(26)12-9-18/h3-16H,1-2H3. The van der Waals surface area contributed by atoms with Crippen molar-refractivity contribution >= 4 is 35.4 Å². The lowest BCUT2D eigenvalue weighted by Crippen LogP contribution is -2.19. The molecule has 7 heteroatoms. The van der Waals surface area contributed by atoms with E-state index in [1.807, 2.05) is 49.4 Å². The van der Waals surface area contributed by atoms with Crippen molar-refractivity contribution < 1.29 is 9.21 Å². The molecule has 4 aromatic rings. The third-order valence-corrected chi connectivity index (χ3v) is 5.26. The van der Waals surface area contributed by atoms with Crippen LogP contribution in [-0.4, -0.2) is 21.4 Å². The fraction of sp³-hybridized carbons (Fsp3) is 0.0800. The number of furan rings is 1. The molecule has 2 aromatic carbocycles. The summed E-state index contributed by atoms with van der Waals surface area (Å²) in [6, 6.07) is 19.7. The van der Waals surface area contributed by atoms with Crippen molar-refractivity contribution in [2.45, 2.75) is 6.92 Å². The number of aromatic nitrogens is 2. The molecule has 0 saturated heterocycles. The smallest absolute Gasteiger partial charge is 0.297 e. The number of halogens is 1. The van der Waals surface area contributed by atoms with Gasteiger partial charge in [-0.05, 0) is 55.0 Å². The van der Waals surface area contributed by atoms with Crippen molar-refractivity contribution in [2.75, 3.05) is 0 Å². The number of allylic oxidation sites excluding steroid dienone is 1. The van der Waals surface area contributed by atoms with Gasteiger partial charge in [0.2, 0.25) is 5.78 Å². The lowest BCUT2D eigenvalue weighted by molar-refractivity contribution is 0.102. The van der Waals surface area contributed by atoms with Crippen LogP contribution in [0.1, 0.15) is 27.6 Å². The summed E-state index contributed by atoms with van der Waals surface area (Å²) in [4.78, 5) is 29.6. The highest BCUT2D eigenvalue weighted by atomic mass is 35.5. The van der Waals surface area contributed by atoms with Gasteiger partial charge in [-0.15, -0.1) is 0 Å². The third-order valence-electron chi connectivity index (χ3n) is 5.01. The summed E-state index contributed by atoms with van der Waals surface area (Å²) in [6.07, 6.45) is 4.57. The van der Waals surface area contributed by atoms with Gasteiger partial charge >= 0.3 is 0 Å². The SMILES string of the molecule is Cc1c(N=Cc2ccc(C(=O)C=Cc3ccc(Cl)cc3)o2)c(=O)n(-c2ccccc2)n1C. The molecule has 160 valence electrons. The largest absolute Gasteiger partial charge is 0.452 e. The van der Waals surface area contributed by atoms with Crippen LogP contribution in [0.4, 0.5) is 5.69 Å². The normalized spacial score (nSPS) is 11.6. The Morgan fingerprint density at radius 2 is 1.75 bits per heavy atom. The van der Waals surface area contributed by atoms with Gasteiger partial charge in [-0.2, -0.15) is 0 Å². The highest BCUT2D eigenvalue weighted by molar-refractivity contribution is 6.30. The van der Waals surface area contributed by atoms with Crippen LogP contribution < -0.4 is 5.56 Å². The number of rotatable bonds is 6. The molecule has 2 heterocycles. The van der Waals surface area contributed by atoms with E-state index in [9.17, 15) is 9.59 Å². The van der Waals surface area contributed by atoms with Crippen LogP contribution in [0.25, 0.3) is 11.8 Å². The number of carbonyl (C=O) groups is 1. The van der Waals surface area contributed by atoms with E-state index in [4.69, 9.17) is 16.0 Å². The fourth-order valence-electron chi connectivity index (χ4n) is 3.21. The first-order valence-corrected chi connectivity index (χ1v) is 10.3. The number of benzene rings is 2. The number of nitrogens with zero attached hydrogens (tertiary/aromatic N) is 3. The van der Waals surface area contributed by atoms with Crippen molar-refractivity contribution in [3.05, 3.63) is 111 Å². The average Bonchev–Trinajstić information content (AvgIpc) is 3.35. The van der Waals surface area contributed by atoms with E-state index < -0.39 is 0 Å². The van der Waals surface area contributed by atoms with E-state index in [0.29, 0.717) is 22.2 Å². The van der Waals surface area contributed by atoms with Crippen LogP contribution >= 0.6 is 11.6 Å². The minimum Gasteiger partial charge on any atom is -0.452 e. The third kappa shape index (κ3) is 4.40. The fourth-order valence-corrected chi connectivity index (χ4v) is 3.34. The summed E-state index contributed by atoms with van der Waals surface area (Å²) >= 11 is 5.87. The molecule has 4 rings (SSSR count). The molecule has 0 amide bonds. The average molecular weight is 446 g/mol. The maximum atomic E-state index is 12.9. The van der Waals surface area contributed by atoms with Crippen molar-refractivity contribution in [3.63, 3.8) is 0 Å². The molecule has 6 nitrogen and oxygen atoms in total. The Morgan fingerprint density at radius 1 is 1.03 bits per heavy atom. The Hall–Kier alpha value is -3.90. The highest BCUT2D eigenvalue weighted by Crippen LogP contribution is 2.17. The molecular formula is C25H20ClN3O3. The molecule has 0 fully saturated rings. The predicted molar refractivity (Wildman–Crippen MR) is 127 cm³/mol. The Labute approximate surface area is 189 Å². The van der Waals surface area contributed by atoms with Crippen molar-refractivity contribution in [1.82, 2.24) is 9.36 Å². The summed E-state index contributed by atoms with van der Waals surface area (Å²) in [5.41, 5.74) is 2.39. The van der Waals surface area contributed by atoms with Gasteiger partial charge in [-0.3, -0.25) is 14.3 Å². The van der Waals surface area contributed by atoms with Crippen molar-refractivity contribution in [3.8, 4) is 5.69 Å². The first-order chi connectivity index (χ1) is 15.4. The molecule has 0 atom stereocenters. The second-order valence-corrected chi connectivity index (χ2v) is 7.56. The minimum absolute atomic E-state index is 0.183. The molecular weight excluding hydrogens is 426 g/mol. The van der Waals surface area contributed by atoms with Gasteiger partial charge < -0.3 is 4.42 Å². The summed E-state index contributed by atoms with van der Waals surface area (Å²) in [6.45, 7) is 1.83. The van der Waals surface area contributed by atoms with Crippen LogP contribution in [0.3, 0.4) is 0 Å². The summed E-state index contributed by atoms with van der Waals surface area (Å²) < 4.78 is 8.90. The summed E-state index contributed by atoms with van der Waals surface area (Å²) in [5, 5.41) is 0.632. The molecule has 0 radical (unpaired) electrons. The summed E-state index contributed by atoms with van der Waals surface area (Å²) in [7, 11) is 1.80. The lowest BCUT2D eigenvalue weighted by atomic mass is 10.2. The van der Waals surface area contributed by atoms with Crippen LogP contribution in [0.5, 0.6) is 0 Å². The number of hydrogen-bond acceptors (Lipinski definition) is 4. The molecule has 0 N–H and O–H groups in total. The molecule has 32 heavy (non-hydrogen) atoms. The van der Waals surface area contributed by atoms with Gasteiger partial charge in [0.05, 0.1) is 17.6 Å². The molecule has 0 unspecified atom stereocenters. The zero-order valence-corrected chi connectivity index (χ0v) is 18.3. The zero-order valence-electron chi connectivity index (χ0n) is 17.5. The number of para-hydroxylation sites is 1. The quantitative estimate of drug-likeness (QED) is 0.227. The van der Waals surface area contributed by atoms with Crippen LogP contribution in [0, 0.1) is 6.92 Å². The molecule has 0 aliphatic heterocycles. The first-order valence-electron chi connectivity index (χ1n) is 9.90. The lowest BCUT2D eigenvalue weighted by Gasteiger charge is -2.07.